The summed E-state index contributed by atoms with van der Waals surface area (Å²) in [5.41, 5.74) is 0. The maximum Gasteiger partial charge on any atom is 0.349 e. The van der Waals surface area contributed by atoms with E-state index in [4.69, 9.17) is 5.41 Å². The molecule has 0 atom stereocenters. The predicted molar refractivity (Wildman–Crippen MR) is 36.6 cm³/mol. The number of nitrogens with one attached hydrogen (secondary N) is 1. The fraction of sp³-hybridized carbons (Fsp3) is 0.333. The summed E-state index contributed by atoms with van der Waals surface area (Å²) in [5.74, 6) is 1.21. The third-order valence-electron chi connectivity index (χ3n) is 0.570. The number of esters is 1. The maximum atomic E-state index is 10.4. The standard InChI is InChI=1S/C6H9N2O2/c1-8(2)5-10-6(9)3-4-7/h3,5,7H,1-2H3/q+1. The van der Waals surface area contributed by atoms with Crippen LogP contribution < -0.4 is 0 Å². The Kier molecular flexibility index (Phi) is 3.84. The fourth-order valence-electron chi connectivity index (χ4n) is 0.250. The lowest BCUT2D eigenvalue weighted by atomic mass is 10.6. The van der Waals surface area contributed by atoms with E-state index >= 15 is 0 Å². The van der Waals surface area contributed by atoms with E-state index in [0.717, 1.165) is 6.08 Å². The van der Waals surface area contributed by atoms with Crippen molar-refractivity contribution in [3.8, 4) is 0 Å². The molecule has 4 nitrogen and oxygen atoms in total. The van der Waals surface area contributed by atoms with Crippen LogP contribution in [0.15, 0.2) is 6.08 Å². The molecule has 0 saturated carbocycles. The summed E-state index contributed by atoms with van der Waals surface area (Å²) in [4.78, 5) is 10.4. The van der Waals surface area contributed by atoms with Crippen molar-refractivity contribution < 1.29 is 14.1 Å². The van der Waals surface area contributed by atoms with Gasteiger partial charge in [-0.3, -0.25) is 5.41 Å². The highest BCUT2D eigenvalue weighted by Gasteiger charge is 1.94. The minimum absolute atomic E-state index is 0.594. The van der Waals surface area contributed by atoms with Crippen molar-refractivity contribution in [1.82, 2.24) is 0 Å². The first-order valence-corrected chi connectivity index (χ1v) is 2.62. The van der Waals surface area contributed by atoms with Crippen molar-refractivity contribution in [1.29, 1.82) is 5.41 Å². The lowest BCUT2D eigenvalue weighted by molar-refractivity contribution is -0.466. The second kappa shape index (κ2) is 4.47. The normalized spacial score (nSPS) is 7.40. The van der Waals surface area contributed by atoms with Gasteiger partial charge in [-0.2, -0.15) is 0 Å². The number of hydrogen-bond donors (Lipinski definition) is 1. The molecule has 0 amide bonds. The molecule has 0 aromatic rings. The van der Waals surface area contributed by atoms with E-state index in [9.17, 15) is 4.79 Å². The first-order valence-electron chi connectivity index (χ1n) is 2.62. The van der Waals surface area contributed by atoms with Gasteiger partial charge in [0, 0.05) is 0 Å². The number of nitrogens with zero attached hydrogens (tertiary/aromatic N) is 1. The van der Waals surface area contributed by atoms with Gasteiger partial charge in [-0.25, -0.2) is 9.37 Å². The number of ether oxygens (including phenoxy) is 1. The van der Waals surface area contributed by atoms with Crippen molar-refractivity contribution in [3.05, 3.63) is 6.08 Å². The highest BCUT2D eigenvalue weighted by Crippen LogP contribution is 1.71. The summed E-state index contributed by atoms with van der Waals surface area (Å²) in [6.07, 6.45) is 2.15. The topological polar surface area (TPSA) is 53.2 Å². The Morgan fingerprint density at radius 1 is 1.70 bits per heavy atom. The highest BCUT2D eigenvalue weighted by atomic mass is 16.5. The Labute approximate surface area is 58.9 Å². The first kappa shape index (κ1) is 8.59. The molecular formula is C6H9N2O2+. The molecular weight excluding hydrogens is 132 g/mol. The number of carbonyl (C=O) groups excluding carboxylic acids is 1. The van der Waals surface area contributed by atoms with Gasteiger partial charge in [0.25, 0.3) is 0 Å². The lowest BCUT2D eigenvalue weighted by Gasteiger charge is -1.86. The van der Waals surface area contributed by atoms with Crippen LogP contribution in [0.4, 0.5) is 0 Å². The molecule has 0 saturated heterocycles. The summed E-state index contributed by atoms with van der Waals surface area (Å²) in [5, 5.41) is 6.38. The smallest absolute Gasteiger partial charge is 0.349 e. The van der Waals surface area contributed by atoms with Crippen LogP contribution in [-0.4, -0.2) is 36.9 Å². The molecule has 0 bridgehead atoms. The quantitative estimate of drug-likeness (QED) is 0.187. The number of carbonyl (C=O) groups is 1. The Hall–Kier alpha value is -1.41. The van der Waals surface area contributed by atoms with Crippen LogP contribution in [0, 0.1) is 5.41 Å². The average Bonchev–Trinajstić information content (AvgIpc) is 1.85. The SMILES string of the molecule is C[N+](C)=COC(=O)C=C=N. The van der Waals surface area contributed by atoms with E-state index in [2.05, 4.69) is 4.74 Å². The van der Waals surface area contributed by atoms with Crippen molar-refractivity contribution in [2.24, 2.45) is 0 Å². The van der Waals surface area contributed by atoms with E-state index in [1.54, 1.807) is 24.5 Å². The van der Waals surface area contributed by atoms with E-state index in [1.807, 2.05) is 0 Å². The molecule has 54 valence electrons. The zero-order valence-electron chi connectivity index (χ0n) is 5.92. The van der Waals surface area contributed by atoms with Gasteiger partial charge in [0.2, 0.25) is 0 Å². The Morgan fingerprint density at radius 3 is 2.70 bits per heavy atom. The molecule has 0 rings (SSSR count). The molecule has 1 N–H and O–H groups in total. The largest absolute Gasteiger partial charge is 0.373 e. The van der Waals surface area contributed by atoms with Gasteiger partial charge in [-0.1, -0.05) is 0 Å². The summed E-state index contributed by atoms with van der Waals surface area (Å²) in [7, 11) is 3.45. The van der Waals surface area contributed by atoms with Gasteiger partial charge in [0.1, 0.15) is 14.1 Å². The highest BCUT2D eigenvalue weighted by molar-refractivity contribution is 5.93. The summed E-state index contributed by atoms with van der Waals surface area (Å²) < 4.78 is 6.05. The summed E-state index contributed by atoms with van der Waals surface area (Å²) >= 11 is 0. The fourth-order valence-corrected chi connectivity index (χ4v) is 0.250. The van der Waals surface area contributed by atoms with Crippen LogP contribution in [0.3, 0.4) is 0 Å². The minimum Gasteiger partial charge on any atom is -0.373 e. The zero-order valence-corrected chi connectivity index (χ0v) is 5.92. The van der Waals surface area contributed by atoms with Crippen molar-refractivity contribution in [3.63, 3.8) is 0 Å². The number of rotatable bonds is 2. The first-order chi connectivity index (χ1) is 4.66. The molecule has 0 aliphatic carbocycles. The van der Waals surface area contributed by atoms with Gasteiger partial charge in [-0.15, -0.1) is 0 Å². The molecule has 0 aromatic heterocycles. The Bertz CT molecular complexity index is 198. The van der Waals surface area contributed by atoms with Gasteiger partial charge in [-0.05, 0) is 5.87 Å². The molecule has 0 unspecified atom stereocenters. The van der Waals surface area contributed by atoms with Crippen LogP contribution in [0.25, 0.3) is 0 Å². The zero-order chi connectivity index (χ0) is 7.98. The Balaban J connectivity index is 3.82. The molecule has 0 fully saturated rings. The van der Waals surface area contributed by atoms with E-state index in [-0.39, 0.29) is 0 Å². The molecule has 0 aliphatic heterocycles. The van der Waals surface area contributed by atoms with Crippen molar-refractivity contribution in [2.75, 3.05) is 14.1 Å². The molecule has 10 heavy (non-hydrogen) atoms. The third-order valence-corrected chi connectivity index (χ3v) is 0.570. The van der Waals surface area contributed by atoms with Crippen LogP contribution in [0.5, 0.6) is 0 Å². The van der Waals surface area contributed by atoms with E-state index < -0.39 is 5.97 Å². The second-order valence-electron chi connectivity index (χ2n) is 1.79. The Morgan fingerprint density at radius 2 is 2.30 bits per heavy atom. The molecule has 0 radical (unpaired) electrons. The second-order valence-corrected chi connectivity index (χ2v) is 1.79. The van der Waals surface area contributed by atoms with Crippen LogP contribution in [0.2, 0.25) is 0 Å². The molecule has 0 spiro atoms. The van der Waals surface area contributed by atoms with Crippen LogP contribution >= 0.6 is 0 Å². The summed E-state index contributed by atoms with van der Waals surface area (Å²) in [6, 6.07) is 0. The van der Waals surface area contributed by atoms with Crippen LogP contribution in [0.1, 0.15) is 0 Å². The molecule has 0 aromatic carbocycles. The predicted octanol–water partition coefficient (Wildman–Crippen LogP) is -0.365. The van der Waals surface area contributed by atoms with Crippen molar-refractivity contribution in [2.45, 2.75) is 0 Å². The van der Waals surface area contributed by atoms with Gasteiger partial charge >= 0.3 is 12.4 Å². The molecule has 0 aliphatic rings. The number of hydrogen-bond acceptors (Lipinski definition) is 3. The third kappa shape index (κ3) is 4.74. The van der Waals surface area contributed by atoms with Gasteiger partial charge in [0.05, 0.1) is 6.08 Å². The lowest BCUT2D eigenvalue weighted by Crippen LogP contribution is -2.06. The van der Waals surface area contributed by atoms with Crippen molar-refractivity contribution >= 4 is 18.2 Å². The molecule has 0 heterocycles. The van der Waals surface area contributed by atoms with Crippen LogP contribution in [-0.2, 0) is 9.53 Å². The monoisotopic (exact) mass is 141 g/mol. The van der Waals surface area contributed by atoms with Gasteiger partial charge < -0.3 is 4.74 Å². The minimum atomic E-state index is -0.594. The van der Waals surface area contributed by atoms with E-state index in [1.165, 1.54) is 6.40 Å². The molecule has 4 heteroatoms. The maximum absolute atomic E-state index is 10.4. The van der Waals surface area contributed by atoms with E-state index in [0.29, 0.717) is 0 Å². The average molecular weight is 141 g/mol. The van der Waals surface area contributed by atoms with Gasteiger partial charge in [0.15, 0.2) is 0 Å². The summed E-state index contributed by atoms with van der Waals surface area (Å²) in [6.45, 7) is 0.